The molecule has 0 aliphatic rings. The molecule has 0 saturated carbocycles. The van der Waals surface area contributed by atoms with Crippen LogP contribution < -0.4 is 36.0 Å². The Balaban J connectivity index is 0.00000165. The summed E-state index contributed by atoms with van der Waals surface area (Å²) in [6.07, 6.45) is 0. The van der Waals surface area contributed by atoms with Gasteiger partial charge in [-0.05, 0) is 72.8 Å². The van der Waals surface area contributed by atoms with Gasteiger partial charge in [-0.15, -0.1) is 4.17 Å². The lowest BCUT2D eigenvalue weighted by Gasteiger charge is -2.20. The third kappa shape index (κ3) is 5.59. The highest BCUT2D eigenvalue weighted by Crippen LogP contribution is 2.50. The second-order valence-electron chi connectivity index (χ2n) is 9.37. The first-order valence-corrected chi connectivity index (χ1v) is 17.7. The van der Waals surface area contributed by atoms with E-state index in [4.69, 9.17) is 4.17 Å². The van der Waals surface area contributed by atoms with E-state index in [2.05, 4.69) is 182 Å². The zero-order chi connectivity index (χ0) is 28.4. The SMILES string of the molecule is CC.c1ccc(P(=[N+]=P(c2ccccc2)(c2ccccc2)c2ccccc2)(c2ccccc2)c2ccccc2)cc1. The van der Waals surface area contributed by atoms with Crippen molar-refractivity contribution in [1.82, 2.24) is 4.17 Å². The third-order valence-electron chi connectivity index (χ3n) is 7.05. The van der Waals surface area contributed by atoms with E-state index in [9.17, 15) is 0 Å². The predicted molar refractivity (Wildman–Crippen MR) is 184 cm³/mol. The summed E-state index contributed by atoms with van der Waals surface area (Å²) in [6.45, 7) is 4.00. The van der Waals surface area contributed by atoms with Crippen molar-refractivity contribution in [2.75, 3.05) is 0 Å². The summed E-state index contributed by atoms with van der Waals surface area (Å²) in [6, 6.07) is 65.7. The average molecular weight is 569 g/mol. The van der Waals surface area contributed by atoms with E-state index in [0.29, 0.717) is 0 Å². The summed E-state index contributed by atoms with van der Waals surface area (Å²) in [5, 5.41) is 7.55. The Kier molecular flexibility index (Phi) is 9.36. The van der Waals surface area contributed by atoms with Gasteiger partial charge in [-0.2, -0.15) is 0 Å². The summed E-state index contributed by atoms with van der Waals surface area (Å²) >= 11 is 0. The van der Waals surface area contributed by atoms with Crippen LogP contribution in [0.3, 0.4) is 0 Å². The smallest absolute Gasteiger partial charge is 0.148 e. The second-order valence-corrected chi connectivity index (χ2v) is 15.7. The van der Waals surface area contributed by atoms with Crippen LogP contribution in [0.5, 0.6) is 0 Å². The van der Waals surface area contributed by atoms with Gasteiger partial charge >= 0.3 is 14.1 Å². The van der Waals surface area contributed by atoms with Gasteiger partial charge < -0.3 is 0 Å². The zero-order valence-corrected chi connectivity index (χ0v) is 25.5. The highest BCUT2D eigenvalue weighted by Gasteiger charge is 2.44. The lowest BCUT2D eigenvalue weighted by atomic mass is 10.4. The summed E-state index contributed by atoms with van der Waals surface area (Å²) in [7, 11) is -4.99. The molecule has 0 fully saturated rings. The van der Waals surface area contributed by atoms with Crippen LogP contribution >= 0.6 is 14.1 Å². The Labute approximate surface area is 245 Å². The van der Waals surface area contributed by atoms with Gasteiger partial charge in [0.2, 0.25) is 0 Å². The molecular weight excluding hydrogens is 532 g/mol. The highest BCUT2D eigenvalue weighted by molar-refractivity contribution is 7.93. The fraction of sp³-hybridized carbons (Fsp3) is 0.0526. The topological polar surface area (TPSA) is 14.1 Å². The van der Waals surface area contributed by atoms with E-state index in [1.54, 1.807) is 0 Å². The number of nitrogens with zero attached hydrogens (tertiary/aromatic N) is 1. The van der Waals surface area contributed by atoms with Crippen LogP contribution in [0.4, 0.5) is 0 Å². The summed E-state index contributed by atoms with van der Waals surface area (Å²) in [5.41, 5.74) is 0. The molecule has 1 nitrogen and oxygen atoms in total. The van der Waals surface area contributed by atoms with Crippen molar-refractivity contribution in [3.8, 4) is 0 Å². The van der Waals surface area contributed by atoms with Gasteiger partial charge in [0.1, 0.15) is 0 Å². The van der Waals surface area contributed by atoms with E-state index in [1.165, 1.54) is 31.8 Å². The first-order valence-electron chi connectivity index (χ1n) is 14.2. The van der Waals surface area contributed by atoms with Gasteiger partial charge in [-0.3, -0.25) is 0 Å². The van der Waals surface area contributed by atoms with E-state index >= 15 is 0 Å². The zero-order valence-electron chi connectivity index (χ0n) is 23.7. The molecule has 0 bridgehead atoms. The molecule has 0 atom stereocenters. The molecule has 0 aliphatic carbocycles. The quantitative estimate of drug-likeness (QED) is 0.147. The van der Waals surface area contributed by atoms with Crippen LogP contribution in [0, 0.1) is 0 Å². The molecule has 6 aromatic rings. The number of hydrogen-bond acceptors (Lipinski definition) is 0. The number of hydrogen-bond donors (Lipinski definition) is 0. The van der Waals surface area contributed by atoms with Gasteiger partial charge in [-0.25, -0.2) is 0 Å². The minimum Gasteiger partial charge on any atom is -0.148 e. The third-order valence-corrected chi connectivity index (χ3v) is 15.5. The molecule has 0 saturated heterocycles. The van der Waals surface area contributed by atoms with E-state index < -0.39 is 14.1 Å². The maximum Gasteiger partial charge on any atom is 0.301 e. The maximum absolute atomic E-state index is 6.38. The van der Waals surface area contributed by atoms with Crippen LogP contribution in [0.15, 0.2) is 182 Å². The molecule has 41 heavy (non-hydrogen) atoms. The second kappa shape index (κ2) is 13.5. The Bertz CT molecular complexity index is 1420. The number of rotatable bonds is 6. The van der Waals surface area contributed by atoms with Gasteiger partial charge in [0.05, 0.1) is 31.8 Å². The van der Waals surface area contributed by atoms with Gasteiger partial charge in [0, 0.05) is 0 Å². The molecule has 0 N–H and O–H groups in total. The van der Waals surface area contributed by atoms with E-state index in [0.717, 1.165) is 0 Å². The summed E-state index contributed by atoms with van der Waals surface area (Å²) in [5.74, 6) is 0. The van der Waals surface area contributed by atoms with Crippen LogP contribution in [-0.2, 0) is 0 Å². The maximum atomic E-state index is 6.38. The molecule has 0 heterocycles. The Morgan fingerprint density at radius 2 is 0.415 bits per heavy atom. The van der Waals surface area contributed by atoms with Crippen molar-refractivity contribution >= 4 is 45.9 Å². The molecule has 0 radical (unpaired) electrons. The number of benzene rings is 6. The molecule has 6 aromatic carbocycles. The van der Waals surface area contributed by atoms with Crippen molar-refractivity contribution in [3.05, 3.63) is 182 Å². The fourth-order valence-corrected chi connectivity index (χ4v) is 14.8. The van der Waals surface area contributed by atoms with E-state index in [1.807, 2.05) is 13.8 Å². The lowest BCUT2D eigenvalue weighted by molar-refractivity contribution is 1.50. The largest absolute Gasteiger partial charge is 0.301 e. The van der Waals surface area contributed by atoms with Crippen LogP contribution in [0.2, 0.25) is 0 Å². The first kappa shape index (κ1) is 28.4. The van der Waals surface area contributed by atoms with Crippen LogP contribution in [-0.4, -0.2) is 0 Å². The molecule has 6 rings (SSSR count). The molecule has 0 spiro atoms. The van der Waals surface area contributed by atoms with Gasteiger partial charge in [0.15, 0.2) is 0 Å². The monoisotopic (exact) mass is 568 g/mol. The summed E-state index contributed by atoms with van der Waals surface area (Å²) < 4.78 is 6.38. The van der Waals surface area contributed by atoms with Crippen molar-refractivity contribution in [2.45, 2.75) is 13.8 Å². The molecule has 0 aliphatic heterocycles. The minimum absolute atomic E-state index is 1.26. The van der Waals surface area contributed by atoms with Crippen molar-refractivity contribution in [1.29, 1.82) is 0 Å². The van der Waals surface area contributed by atoms with Crippen molar-refractivity contribution < 1.29 is 0 Å². The fourth-order valence-electron chi connectivity index (χ4n) is 5.27. The van der Waals surface area contributed by atoms with E-state index in [-0.39, 0.29) is 0 Å². The predicted octanol–water partition coefficient (Wildman–Crippen LogP) is 7.44. The van der Waals surface area contributed by atoms with Gasteiger partial charge in [0.25, 0.3) is 0 Å². The average Bonchev–Trinajstić information content (AvgIpc) is 3.09. The van der Waals surface area contributed by atoms with Crippen molar-refractivity contribution in [2.24, 2.45) is 0 Å². The Morgan fingerprint density at radius 3 is 0.561 bits per heavy atom. The Morgan fingerprint density at radius 1 is 0.268 bits per heavy atom. The summed E-state index contributed by atoms with van der Waals surface area (Å²) in [4.78, 5) is 0. The lowest BCUT2D eigenvalue weighted by Crippen LogP contribution is -2.31. The standard InChI is InChI=1S/C36H30NP2.C2H6/c1-7-19-31(20-8-1)38(32-21-9-2-10-22-32,33-23-11-3-12-24-33)37-39(34-25-13-4-14-26-34,35-27-15-5-16-28-35)36-29-17-6-18-30-36;1-2/h1-30H;1-2H3/q+1;. The van der Waals surface area contributed by atoms with Gasteiger partial charge in [-0.1, -0.05) is 123 Å². The highest BCUT2D eigenvalue weighted by atomic mass is 31.2. The minimum atomic E-state index is -2.50. The Hall–Kier alpha value is -4.11. The van der Waals surface area contributed by atoms with Crippen molar-refractivity contribution in [3.63, 3.8) is 0 Å². The molecule has 3 heteroatoms. The van der Waals surface area contributed by atoms with Crippen LogP contribution in [0.25, 0.3) is 0 Å². The first-order chi connectivity index (χ1) is 20.3. The normalized spacial score (nSPS) is 11.1. The molecule has 0 unspecified atom stereocenters. The molecule has 202 valence electrons. The van der Waals surface area contributed by atoms with Crippen LogP contribution in [0.1, 0.15) is 13.8 Å². The molecular formula is C38H36NP2+. The molecule has 0 amide bonds. The molecule has 0 aromatic heterocycles.